The maximum atomic E-state index is 13.3. The Hall–Kier alpha value is -2.22. The van der Waals surface area contributed by atoms with Crippen LogP contribution in [0.2, 0.25) is 5.02 Å². The van der Waals surface area contributed by atoms with Crippen molar-refractivity contribution in [3.05, 3.63) is 47.7 Å². The van der Waals surface area contributed by atoms with Gasteiger partial charge in [-0.05, 0) is 0 Å². The Morgan fingerprint density at radius 3 is 2.47 bits per heavy atom. The molecule has 1 aromatic heterocycles. The molecular formula is C8H3ClFN3O4. The third-order valence-electron chi connectivity index (χ3n) is 2.07. The first-order valence-electron chi connectivity index (χ1n) is 4.20. The molecule has 2 N–H and O–H groups in total. The van der Waals surface area contributed by atoms with Gasteiger partial charge in [-0.3, -0.25) is 19.7 Å². The van der Waals surface area contributed by atoms with Gasteiger partial charge in [0.1, 0.15) is 5.52 Å². The third kappa shape index (κ3) is 1.68. The Morgan fingerprint density at radius 2 is 1.88 bits per heavy atom. The van der Waals surface area contributed by atoms with Crippen LogP contribution in [0.25, 0.3) is 11.0 Å². The number of nitro benzene ring substituents is 1. The number of halogens is 2. The molecule has 0 radical (unpaired) electrons. The molecule has 9 heteroatoms. The fourth-order valence-corrected chi connectivity index (χ4v) is 1.58. The largest absolute Gasteiger partial charge is 0.316 e. The van der Waals surface area contributed by atoms with Crippen molar-refractivity contribution in [3.63, 3.8) is 0 Å². The lowest BCUT2D eigenvalue weighted by Crippen LogP contribution is -2.29. The number of nitrogens with one attached hydrogen (secondary N) is 2. The number of hydrogen-bond donors (Lipinski definition) is 2. The number of nitrogens with zero attached hydrogens (tertiary/aromatic N) is 1. The fourth-order valence-electron chi connectivity index (χ4n) is 1.36. The van der Waals surface area contributed by atoms with Gasteiger partial charge in [0.2, 0.25) is 0 Å². The normalized spacial score (nSPS) is 10.7. The Morgan fingerprint density at radius 1 is 1.29 bits per heavy atom. The highest BCUT2D eigenvalue weighted by Crippen LogP contribution is 2.32. The van der Waals surface area contributed by atoms with E-state index in [0.717, 1.165) is 6.07 Å². The van der Waals surface area contributed by atoms with Gasteiger partial charge in [-0.2, -0.15) is 0 Å². The zero-order chi connectivity index (χ0) is 12.7. The van der Waals surface area contributed by atoms with Crippen LogP contribution in [-0.2, 0) is 0 Å². The van der Waals surface area contributed by atoms with E-state index in [1.54, 1.807) is 0 Å². The van der Waals surface area contributed by atoms with Gasteiger partial charge < -0.3 is 9.97 Å². The number of nitro groups is 1. The van der Waals surface area contributed by atoms with Crippen LogP contribution >= 0.6 is 11.6 Å². The highest BCUT2D eigenvalue weighted by Gasteiger charge is 2.23. The molecule has 0 saturated heterocycles. The highest BCUT2D eigenvalue weighted by atomic mass is 35.5. The zero-order valence-corrected chi connectivity index (χ0v) is 8.67. The molecule has 88 valence electrons. The van der Waals surface area contributed by atoms with Gasteiger partial charge >= 0.3 is 16.8 Å². The second-order valence-electron chi connectivity index (χ2n) is 3.11. The van der Waals surface area contributed by atoms with Crippen LogP contribution < -0.4 is 11.1 Å². The number of aromatic amines is 2. The summed E-state index contributed by atoms with van der Waals surface area (Å²) in [7, 11) is 0. The average molecular weight is 260 g/mol. The minimum atomic E-state index is -1.08. The summed E-state index contributed by atoms with van der Waals surface area (Å²) < 4.78 is 13.3. The van der Waals surface area contributed by atoms with Crippen LogP contribution in [0.1, 0.15) is 0 Å². The van der Waals surface area contributed by atoms with Crippen LogP contribution in [-0.4, -0.2) is 14.9 Å². The topological polar surface area (TPSA) is 109 Å². The molecule has 0 fully saturated rings. The summed E-state index contributed by atoms with van der Waals surface area (Å²) in [6, 6.07) is 0.794. The van der Waals surface area contributed by atoms with E-state index in [1.165, 1.54) is 0 Å². The molecular weight excluding hydrogens is 257 g/mol. The molecule has 0 saturated carbocycles. The minimum Gasteiger partial charge on any atom is -0.316 e. The predicted molar refractivity (Wildman–Crippen MR) is 56.8 cm³/mol. The van der Waals surface area contributed by atoms with Gasteiger partial charge in [0.15, 0.2) is 10.8 Å². The first-order valence-corrected chi connectivity index (χ1v) is 4.58. The molecule has 0 bridgehead atoms. The Bertz CT molecular complexity index is 751. The molecule has 0 atom stereocenters. The van der Waals surface area contributed by atoms with E-state index < -0.39 is 32.6 Å². The first-order chi connectivity index (χ1) is 7.91. The monoisotopic (exact) mass is 259 g/mol. The molecule has 0 spiro atoms. The van der Waals surface area contributed by atoms with E-state index in [2.05, 4.69) is 0 Å². The molecule has 1 heterocycles. The summed E-state index contributed by atoms with van der Waals surface area (Å²) in [5.74, 6) is -1.06. The van der Waals surface area contributed by atoms with Crippen molar-refractivity contribution in [1.29, 1.82) is 0 Å². The Labute approximate surface area is 96.0 Å². The van der Waals surface area contributed by atoms with E-state index in [4.69, 9.17) is 11.6 Å². The van der Waals surface area contributed by atoms with Gasteiger partial charge in [0.05, 0.1) is 10.4 Å². The van der Waals surface area contributed by atoms with E-state index in [-0.39, 0.29) is 11.0 Å². The number of rotatable bonds is 1. The van der Waals surface area contributed by atoms with Crippen molar-refractivity contribution >= 4 is 28.3 Å². The predicted octanol–water partition coefficient (Wildman–Crippen LogP) is 0.917. The number of H-pyrrole nitrogens is 2. The lowest BCUT2D eigenvalue weighted by Gasteiger charge is -2.01. The van der Waals surface area contributed by atoms with Crippen molar-refractivity contribution in [2.75, 3.05) is 0 Å². The third-order valence-corrected chi connectivity index (χ3v) is 2.43. The molecule has 7 nitrogen and oxygen atoms in total. The number of benzene rings is 1. The van der Waals surface area contributed by atoms with Gasteiger partial charge in [0, 0.05) is 6.07 Å². The second kappa shape index (κ2) is 3.67. The quantitative estimate of drug-likeness (QED) is 0.451. The summed E-state index contributed by atoms with van der Waals surface area (Å²) in [6.07, 6.45) is 0. The average Bonchev–Trinajstić information content (AvgIpc) is 2.23. The van der Waals surface area contributed by atoms with Crippen molar-refractivity contribution in [2.24, 2.45) is 0 Å². The minimum absolute atomic E-state index is 0.205. The maximum Gasteiger partial charge on any atom is 0.316 e. The Balaban J connectivity index is 3.09. The van der Waals surface area contributed by atoms with E-state index in [9.17, 15) is 24.1 Å². The lowest BCUT2D eigenvalue weighted by atomic mass is 10.2. The van der Waals surface area contributed by atoms with Crippen LogP contribution in [0.3, 0.4) is 0 Å². The maximum absolute atomic E-state index is 13.3. The summed E-state index contributed by atoms with van der Waals surface area (Å²) in [5, 5.41) is 9.99. The summed E-state index contributed by atoms with van der Waals surface area (Å²) in [4.78, 5) is 35.8. The second-order valence-corrected chi connectivity index (χ2v) is 3.49. The summed E-state index contributed by atoms with van der Waals surface area (Å²) in [6.45, 7) is 0. The molecule has 0 aliphatic heterocycles. The summed E-state index contributed by atoms with van der Waals surface area (Å²) in [5.41, 5.74) is -3.44. The van der Waals surface area contributed by atoms with E-state index in [1.807, 2.05) is 9.97 Å². The SMILES string of the molecule is O=c1[nH]c2cc(F)c(Cl)c([N+](=O)[O-])c2[nH]c1=O. The molecule has 2 rings (SSSR count). The highest BCUT2D eigenvalue weighted by molar-refractivity contribution is 6.34. The molecule has 17 heavy (non-hydrogen) atoms. The van der Waals surface area contributed by atoms with Gasteiger partial charge in [-0.15, -0.1) is 0 Å². The standard InChI is InChI=1S/C8H3ClFN3O4/c9-4-2(10)1-3-5(6(4)13(16)17)12-8(15)7(14)11-3/h1H,(H,11,14)(H,12,15). The molecule has 0 amide bonds. The van der Waals surface area contributed by atoms with E-state index >= 15 is 0 Å². The zero-order valence-electron chi connectivity index (χ0n) is 7.91. The molecule has 0 aliphatic rings. The van der Waals surface area contributed by atoms with Crippen molar-refractivity contribution in [3.8, 4) is 0 Å². The molecule has 0 unspecified atom stereocenters. The first kappa shape index (κ1) is 11.3. The van der Waals surface area contributed by atoms with Crippen molar-refractivity contribution < 1.29 is 9.31 Å². The smallest absolute Gasteiger partial charge is 0.316 e. The number of hydrogen-bond acceptors (Lipinski definition) is 4. The Kier molecular flexibility index (Phi) is 2.43. The molecule has 0 aliphatic carbocycles. The van der Waals surface area contributed by atoms with Crippen LogP contribution in [0.5, 0.6) is 0 Å². The van der Waals surface area contributed by atoms with Crippen LogP contribution in [0, 0.1) is 15.9 Å². The summed E-state index contributed by atoms with van der Waals surface area (Å²) >= 11 is 5.43. The van der Waals surface area contributed by atoms with Gasteiger partial charge in [-0.1, -0.05) is 11.6 Å². The van der Waals surface area contributed by atoms with Crippen molar-refractivity contribution in [1.82, 2.24) is 9.97 Å². The van der Waals surface area contributed by atoms with E-state index in [0.29, 0.717) is 0 Å². The van der Waals surface area contributed by atoms with Gasteiger partial charge in [0.25, 0.3) is 0 Å². The van der Waals surface area contributed by atoms with Crippen LogP contribution in [0.4, 0.5) is 10.1 Å². The van der Waals surface area contributed by atoms with Crippen molar-refractivity contribution in [2.45, 2.75) is 0 Å². The fraction of sp³-hybridized carbons (Fsp3) is 0. The van der Waals surface area contributed by atoms with Crippen LogP contribution in [0.15, 0.2) is 15.7 Å². The molecule has 2 aromatic rings. The molecule has 1 aromatic carbocycles. The lowest BCUT2D eigenvalue weighted by molar-refractivity contribution is -0.383. The number of aromatic nitrogens is 2. The number of fused-ring (bicyclic) bond motifs is 1. The van der Waals surface area contributed by atoms with Gasteiger partial charge in [-0.25, -0.2) is 4.39 Å².